The molecule has 14 heteroatoms. The number of rotatable bonds is 8. The van der Waals surface area contributed by atoms with Crippen LogP contribution in [0.4, 0.5) is 5.13 Å². The number of carboxylic acids is 1. The molecule has 11 nitrogen and oxygen atoms in total. The van der Waals surface area contributed by atoms with E-state index in [2.05, 4.69) is 4.98 Å². The molecule has 1 aromatic heterocycles. The molecular weight excluding hydrogens is 493 g/mol. The van der Waals surface area contributed by atoms with Gasteiger partial charge in [-0.25, -0.2) is 4.98 Å². The summed E-state index contributed by atoms with van der Waals surface area (Å²) in [6.07, 6.45) is -0.850. The number of hydrogen-bond acceptors (Lipinski definition) is 10. The van der Waals surface area contributed by atoms with Gasteiger partial charge >= 0.3 is 29.6 Å². The van der Waals surface area contributed by atoms with Gasteiger partial charge in [0.1, 0.15) is 5.69 Å². The second-order valence-corrected chi connectivity index (χ2v) is 10.7. The van der Waals surface area contributed by atoms with Crippen molar-refractivity contribution >= 4 is 51.9 Å². The number of fused-ring (bicyclic) bond motifs is 1. The Labute approximate surface area is 226 Å². The first-order valence-electron chi connectivity index (χ1n) is 10.4. The Morgan fingerprint density at radius 2 is 2.06 bits per heavy atom. The van der Waals surface area contributed by atoms with Crippen molar-refractivity contribution in [2.24, 2.45) is 17.6 Å². The van der Waals surface area contributed by atoms with Crippen LogP contribution >= 0.6 is 23.1 Å². The van der Waals surface area contributed by atoms with Gasteiger partial charge in [-0.2, -0.15) is 0 Å². The Kier molecular flexibility index (Phi) is 8.05. The van der Waals surface area contributed by atoms with Crippen molar-refractivity contribution in [3.8, 4) is 0 Å². The van der Waals surface area contributed by atoms with E-state index in [-0.39, 0.29) is 70.6 Å². The molecule has 2 fully saturated rings. The Balaban J connectivity index is 0.00000324. The van der Waals surface area contributed by atoms with Crippen LogP contribution in [-0.4, -0.2) is 87.7 Å². The van der Waals surface area contributed by atoms with E-state index in [4.69, 9.17) is 5.73 Å². The molecule has 2 saturated heterocycles. The normalized spacial score (nSPS) is 24.7. The maximum Gasteiger partial charge on any atom is 1.00 e. The predicted molar refractivity (Wildman–Crippen MR) is 119 cm³/mol. The second kappa shape index (κ2) is 10.2. The summed E-state index contributed by atoms with van der Waals surface area (Å²) >= 11 is 2.73. The molecule has 4 rings (SSSR count). The summed E-state index contributed by atoms with van der Waals surface area (Å²) < 4.78 is 0. The van der Waals surface area contributed by atoms with Crippen molar-refractivity contribution in [2.75, 3.05) is 31.6 Å². The van der Waals surface area contributed by atoms with Crippen LogP contribution in [0.5, 0.6) is 0 Å². The molecule has 3 aliphatic rings. The van der Waals surface area contributed by atoms with Crippen molar-refractivity contribution in [1.29, 1.82) is 0 Å². The molecule has 0 radical (unpaired) electrons. The van der Waals surface area contributed by atoms with Gasteiger partial charge in [0, 0.05) is 41.6 Å². The van der Waals surface area contributed by atoms with Crippen LogP contribution in [0, 0.1) is 11.8 Å². The standard InChI is InChI=1S/C20H25N5O6S2.Na/c1-8-14-13(9(2)26)18(29)25(14)15(19(30)31)16(8)33-10-4-24(5-10)20-22-11(7-32-20)17(28)23(3)6-12(21)27;/h7-10,13-14,26H,4-6H2,1-3H3,(H2,21,27)(H,30,31);/q;+1/p-1/t8-,9-,13-,14-;/m1./s1. The molecule has 0 unspecified atom stereocenters. The molecule has 178 valence electrons. The minimum absolute atomic E-state index is 0. The van der Waals surface area contributed by atoms with Crippen LogP contribution in [0.15, 0.2) is 16.0 Å². The second-order valence-electron chi connectivity index (χ2n) is 8.54. The van der Waals surface area contributed by atoms with Crippen LogP contribution in [0.2, 0.25) is 0 Å². The van der Waals surface area contributed by atoms with Crippen LogP contribution in [-0.2, 0) is 14.4 Å². The van der Waals surface area contributed by atoms with Gasteiger partial charge in [-0.3, -0.25) is 14.4 Å². The van der Waals surface area contributed by atoms with Gasteiger partial charge < -0.3 is 35.4 Å². The van der Waals surface area contributed by atoms with E-state index >= 15 is 0 Å². The zero-order valence-corrected chi connectivity index (χ0v) is 22.9. The van der Waals surface area contributed by atoms with E-state index in [1.54, 1.807) is 12.3 Å². The van der Waals surface area contributed by atoms with Gasteiger partial charge in [0.2, 0.25) is 11.8 Å². The third kappa shape index (κ3) is 4.61. The van der Waals surface area contributed by atoms with Gasteiger partial charge in [0.25, 0.3) is 5.91 Å². The Hall–Kier alpha value is -1.64. The number of thiazole rings is 1. The number of anilines is 1. The van der Waals surface area contributed by atoms with E-state index in [0.717, 1.165) is 0 Å². The van der Waals surface area contributed by atoms with Crippen molar-refractivity contribution in [1.82, 2.24) is 14.8 Å². The molecule has 3 aliphatic heterocycles. The van der Waals surface area contributed by atoms with Crippen LogP contribution in [0.3, 0.4) is 0 Å². The molecule has 4 atom stereocenters. The zero-order chi connectivity index (χ0) is 24.2. The summed E-state index contributed by atoms with van der Waals surface area (Å²) in [5, 5.41) is 24.1. The van der Waals surface area contributed by atoms with E-state index in [0.29, 0.717) is 23.1 Å². The number of nitrogens with two attached hydrogens (primary N) is 1. The average Bonchev–Trinajstić information content (AvgIpc) is 3.25. The predicted octanol–water partition coefficient (Wildman–Crippen LogP) is -4.55. The third-order valence-electron chi connectivity index (χ3n) is 6.16. The number of primary amides is 1. The first kappa shape index (κ1) is 27.0. The number of aliphatic hydroxyl groups is 1. The molecule has 0 aliphatic carbocycles. The van der Waals surface area contributed by atoms with Crippen LogP contribution in [0.1, 0.15) is 24.3 Å². The minimum atomic E-state index is -1.39. The molecule has 0 bridgehead atoms. The summed E-state index contributed by atoms with van der Waals surface area (Å²) in [7, 11) is 1.48. The Morgan fingerprint density at radius 1 is 1.41 bits per heavy atom. The smallest absolute Gasteiger partial charge is 0.543 e. The quantitative estimate of drug-likeness (QED) is 0.256. The summed E-state index contributed by atoms with van der Waals surface area (Å²) in [6.45, 7) is 4.41. The summed E-state index contributed by atoms with van der Waals surface area (Å²) in [5.41, 5.74) is 5.27. The summed E-state index contributed by atoms with van der Waals surface area (Å²) in [6, 6.07) is -0.367. The number of carbonyl (C=O) groups excluding carboxylic acids is 4. The molecule has 0 saturated carbocycles. The van der Waals surface area contributed by atoms with Crippen molar-refractivity contribution < 1.29 is 58.9 Å². The van der Waals surface area contributed by atoms with E-state index in [1.807, 2.05) is 11.8 Å². The number of carboxylic acid groups (broad SMARTS) is 1. The average molecular weight is 518 g/mol. The minimum Gasteiger partial charge on any atom is -0.543 e. The van der Waals surface area contributed by atoms with Gasteiger partial charge in [-0.1, -0.05) is 6.92 Å². The van der Waals surface area contributed by atoms with Crippen molar-refractivity contribution in [3.05, 3.63) is 21.7 Å². The van der Waals surface area contributed by atoms with Crippen molar-refractivity contribution in [2.45, 2.75) is 31.2 Å². The molecule has 1 aromatic rings. The van der Waals surface area contributed by atoms with Gasteiger partial charge in [-0.15, -0.1) is 23.1 Å². The number of aromatic nitrogens is 1. The number of nitrogens with zero attached hydrogens (tertiary/aromatic N) is 4. The topological polar surface area (TPSA) is 160 Å². The first-order chi connectivity index (χ1) is 15.5. The summed E-state index contributed by atoms with van der Waals surface area (Å²) in [4.78, 5) is 57.0. The first-order valence-corrected chi connectivity index (χ1v) is 12.1. The number of aliphatic hydroxyl groups excluding tert-OH is 1. The number of amides is 3. The van der Waals surface area contributed by atoms with Gasteiger partial charge in [0.15, 0.2) is 5.13 Å². The number of β-lactam (4-membered cyclic amide) rings is 1. The Morgan fingerprint density at radius 3 is 2.62 bits per heavy atom. The number of thioether (sulfide) groups is 1. The Bertz CT molecular complexity index is 1060. The van der Waals surface area contributed by atoms with Gasteiger partial charge in [-0.05, 0) is 6.92 Å². The number of hydrogen-bond donors (Lipinski definition) is 2. The molecule has 0 spiro atoms. The largest absolute Gasteiger partial charge is 1.00 e. The van der Waals surface area contributed by atoms with E-state index in [1.165, 1.54) is 39.9 Å². The summed E-state index contributed by atoms with van der Waals surface area (Å²) in [5.74, 6) is -3.59. The molecule has 34 heavy (non-hydrogen) atoms. The molecular formula is C20H24N5NaO6S2. The number of aliphatic carboxylic acids is 1. The van der Waals surface area contributed by atoms with E-state index in [9.17, 15) is 29.4 Å². The molecule has 4 heterocycles. The van der Waals surface area contributed by atoms with Crippen molar-refractivity contribution in [3.63, 3.8) is 0 Å². The van der Waals surface area contributed by atoms with E-state index < -0.39 is 29.8 Å². The zero-order valence-electron chi connectivity index (χ0n) is 19.3. The number of likely N-dealkylation sites (N-methyl/N-ethyl adjacent to an activating group) is 1. The fourth-order valence-corrected chi connectivity index (χ4v) is 6.86. The van der Waals surface area contributed by atoms with Crippen LogP contribution < -0.4 is 45.3 Å². The maximum atomic E-state index is 12.4. The van der Waals surface area contributed by atoms with Gasteiger partial charge in [0.05, 0.1) is 36.3 Å². The monoisotopic (exact) mass is 517 g/mol. The number of carbonyl (C=O) groups is 4. The SMILES string of the molecule is C[C@@H](O)[C@H]1C(=O)N2C(C(=O)[O-])=C(SC3CN(c4nc(C(=O)N(C)CC(N)=O)cs4)C3)[C@H](C)[C@H]12.[Na+]. The fraction of sp³-hybridized carbons (Fsp3) is 0.550. The fourth-order valence-electron chi connectivity index (χ4n) is 4.53. The molecule has 0 aromatic carbocycles. The van der Waals surface area contributed by atoms with Crippen LogP contribution in [0.25, 0.3) is 0 Å². The molecule has 3 amide bonds. The maximum absolute atomic E-state index is 12.4. The molecule has 3 N–H and O–H groups in total. The third-order valence-corrected chi connectivity index (χ3v) is 8.52.